The molecule has 0 radical (unpaired) electrons. The van der Waals surface area contributed by atoms with Crippen molar-refractivity contribution >= 4 is 0 Å². The average molecular weight is 299 g/mol. The monoisotopic (exact) mass is 298 g/mol. The van der Waals surface area contributed by atoms with Gasteiger partial charge in [0.1, 0.15) is 0 Å². The quantitative estimate of drug-likeness (QED) is 0.667. The van der Waals surface area contributed by atoms with Crippen molar-refractivity contribution in [3.63, 3.8) is 0 Å². The summed E-state index contributed by atoms with van der Waals surface area (Å²) >= 11 is 0. The van der Waals surface area contributed by atoms with Crippen molar-refractivity contribution in [3.05, 3.63) is 0 Å². The minimum atomic E-state index is 0.477. The van der Waals surface area contributed by atoms with E-state index < -0.39 is 0 Å². The molecule has 1 unspecified atom stereocenters. The summed E-state index contributed by atoms with van der Waals surface area (Å²) in [6.45, 7) is 14.7. The third-order valence-corrected chi connectivity index (χ3v) is 4.94. The normalized spacial score (nSPS) is 20.1. The zero-order valence-electron chi connectivity index (χ0n) is 15.1. The second kappa shape index (κ2) is 9.81. The Kier molecular flexibility index (Phi) is 8.84. The molecule has 3 heteroatoms. The molecular formula is C18H38N2O. The highest BCUT2D eigenvalue weighted by atomic mass is 16.5. The maximum Gasteiger partial charge on any atom is 0.0615 e. The van der Waals surface area contributed by atoms with Crippen LogP contribution in [0.15, 0.2) is 0 Å². The molecule has 1 aliphatic carbocycles. The fourth-order valence-corrected chi connectivity index (χ4v) is 3.68. The van der Waals surface area contributed by atoms with Gasteiger partial charge in [-0.05, 0) is 44.2 Å². The zero-order valence-corrected chi connectivity index (χ0v) is 15.1. The van der Waals surface area contributed by atoms with E-state index in [4.69, 9.17) is 4.74 Å². The number of rotatable bonds is 10. The summed E-state index contributed by atoms with van der Waals surface area (Å²) in [7, 11) is 1.81. The molecule has 1 fully saturated rings. The number of ether oxygens (including phenoxy) is 1. The van der Waals surface area contributed by atoms with E-state index >= 15 is 0 Å². The summed E-state index contributed by atoms with van der Waals surface area (Å²) in [5.41, 5.74) is 0.477. The fraction of sp³-hybridized carbons (Fsp3) is 1.00. The Morgan fingerprint density at radius 1 is 1.14 bits per heavy atom. The molecule has 1 atom stereocenters. The van der Waals surface area contributed by atoms with E-state index in [9.17, 15) is 0 Å². The summed E-state index contributed by atoms with van der Waals surface area (Å²) < 4.78 is 5.36. The molecule has 0 heterocycles. The minimum absolute atomic E-state index is 0.477. The Morgan fingerprint density at radius 2 is 1.81 bits per heavy atom. The van der Waals surface area contributed by atoms with Gasteiger partial charge in [0.25, 0.3) is 0 Å². The number of nitrogens with one attached hydrogen (secondary N) is 1. The second-order valence-corrected chi connectivity index (χ2v) is 7.45. The highest BCUT2D eigenvalue weighted by Crippen LogP contribution is 2.37. The van der Waals surface area contributed by atoms with Gasteiger partial charge in [0.15, 0.2) is 0 Å². The molecule has 0 spiro atoms. The Balaban J connectivity index is 2.62. The predicted octanol–water partition coefficient (Wildman–Crippen LogP) is 3.54. The van der Waals surface area contributed by atoms with Gasteiger partial charge in [-0.25, -0.2) is 0 Å². The Hall–Kier alpha value is -0.120. The van der Waals surface area contributed by atoms with E-state index in [1.165, 1.54) is 45.2 Å². The third-order valence-electron chi connectivity index (χ3n) is 4.94. The molecule has 3 nitrogen and oxygen atoms in total. The zero-order chi connectivity index (χ0) is 15.7. The van der Waals surface area contributed by atoms with E-state index in [2.05, 4.69) is 37.9 Å². The first-order chi connectivity index (χ1) is 10.0. The third kappa shape index (κ3) is 6.66. The summed E-state index contributed by atoms with van der Waals surface area (Å²) in [6, 6.07) is 0.518. The number of methoxy groups -OCH3 is 1. The van der Waals surface area contributed by atoms with Gasteiger partial charge in [0.05, 0.1) is 6.61 Å². The lowest BCUT2D eigenvalue weighted by Crippen LogP contribution is -2.49. The highest BCUT2D eigenvalue weighted by molar-refractivity contribution is 4.89. The van der Waals surface area contributed by atoms with Crippen LogP contribution >= 0.6 is 0 Å². The van der Waals surface area contributed by atoms with Crippen LogP contribution in [-0.2, 0) is 4.74 Å². The first kappa shape index (κ1) is 18.9. The molecule has 126 valence electrons. The van der Waals surface area contributed by atoms with Gasteiger partial charge >= 0.3 is 0 Å². The first-order valence-corrected chi connectivity index (χ1v) is 8.96. The van der Waals surface area contributed by atoms with Crippen LogP contribution in [0.2, 0.25) is 0 Å². The molecule has 0 aromatic carbocycles. The molecular weight excluding hydrogens is 260 g/mol. The van der Waals surface area contributed by atoms with Crippen LogP contribution in [-0.4, -0.2) is 50.8 Å². The van der Waals surface area contributed by atoms with Gasteiger partial charge in [-0.2, -0.15) is 0 Å². The lowest BCUT2D eigenvalue weighted by molar-refractivity contribution is 0.0480. The molecule has 1 rings (SSSR count). The maximum atomic E-state index is 5.36. The SMILES string of the molecule is CCN(CC1(CNCC(C)C)CCCCC1)C(C)COC. The summed E-state index contributed by atoms with van der Waals surface area (Å²) in [5.74, 6) is 0.736. The van der Waals surface area contributed by atoms with Gasteiger partial charge in [0.2, 0.25) is 0 Å². The lowest BCUT2D eigenvalue weighted by atomic mass is 9.73. The van der Waals surface area contributed by atoms with Gasteiger partial charge in [-0.15, -0.1) is 0 Å². The minimum Gasteiger partial charge on any atom is -0.383 e. The van der Waals surface area contributed by atoms with Crippen molar-refractivity contribution < 1.29 is 4.74 Å². The van der Waals surface area contributed by atoms with Crippen LogP contribution < -0.4 is 5.32 Å². The molecule has 0 amide bonds. The number of hydrogen-bond donors (Lipinski definition) is 1. The first-order valence-electron chi connectivity index (χ1n) is 8.96. The number of hydrogen-bond acceptors (Lipinski definition) is 3. The van der Waals surface area contributed by atoms with E-state index in [-0.39, 0.29) is 0 Å². The fourth-order valence-electron chi connectivity index (χ4n) is 3.68. The van der Waals surface area contributed by atoms with Gasteiger partial charge in [-0.3, -0.25) is 4.90 Å². The number of nitrogens with zero attached hydrogens (tertiary/aromatic N) is 1. The highest BCUT2D eigenvalue weighted by Gasteiger charge is 2.34. The molecule has 1 N–H and O–H groups in total. The predicted molar refractivity (Wildman–Crippen MR) is 91.8 cm³/mol. The standard InChI is InChI=1S/C18H38N2O/c1-6-20(17(4)13-21-5)15-18(10-8-7-9-11-18)14-19-12-16(2)3/h16-17,19H,6-15H2,1-5H3. The molecule has 21 heavy (non-hydrogen) atoms. The van der Waals surface area contributed by atoms with E-state index in [0.29, 0.717) is 11.5 Å². The molecule has 0 aromatic heterocycles. The van der Waals surface area contributed by atoms with E-state index in [0.717, 1.165) is 25.6 Å². The van der Waals surface area contributed by atoms with E-state index in [1.54, 1.807) is 0 Å². The van der Waals surface area contributed by atoms with Crippen LogP contribution in [0.25, 0.3) is 0 Å². The van der Waals surface area contributed by atoms with Crippen LogP contribution in [0.4, 0.5) is 0 Å². The molecule has 0 aromatic rings. The van der Waals surface area contributed by atoms with Gasteiger partial charge < -0.3 is 10.1 Å². The van der Waals surface area contributed by atoms with Gasteiger partial charge in [0, 0.05) is 26.2 Å². The van der Waals surface area contributed by atoms with Crippen molar-refractivity contribution in [1.29, 1.82) is 0 Å². The van der Waals surface area contributed by atoms with Crippen molar-refractivity contribution in [2.24, 2.45) is 11.3 Å². The van der Waals surface area contributed by atoms with Crippen molar-refractivity contribution in [1.82, 2.24) is 10.2 Å². The summed E-state index contributed by atoms with van der Waals surface area (Å²) in [6.07, 6.45) is 6.99. The molecule has 1 saturated carbocycles. The topological polar surface area (TPSA) is 24.5 Å². The van der Waals surface area contributed by atoms with Gasteiger partial charge in [-0.1, -0.05) is 40.0 Å². The van der Waals surface area contributed by atoms with Crippen LogP contribution in [0.3, 0.4) is 0 Å². The maximum absolute atomic E-state index is 5.36. The summed E-state index contributed by atoms with van der Waals surface area (Å²) in [4.78, 5) is 2.62. The van der Waals surface area contributed by atoms with Crippen molar-refractivity contribution in [2.45, 2.75) is 65.8 Å². The van der Waals surface area contributed by atoms with Crippen molar-refractivity contribution in [2.75, 3.05) is 39.9 Å². The van der Waals surface area contributed by atoms with Crippen LogP contribution in [0, 0.1) is 11.3 Å². The number of likely N-dealkylation sites (N-methyl/N-ethyl adjacent to an activating group) is 1. The van der Waals surface area contributed by atoms with Crippen molar-refractivity contribution in [3.8, 4) is 0 Å². The molecule has 0 aliphatic heterocycles. The largest absolute Gasteiger partial charge is 0.383 e. The lowest BCUT2D eigenvalue weighted by Gasteiger charge is -2.43. The smallest absolute Gasteiger partial charge is 0.0615 e. The Bertz CT molecular complexity index is 262. The van der Waals surface area contributed by atoms with E-state index in [1.807, 2.05) is 7.11 Å². The molecule has 0 bridgehead atoms. The molecule has 1 aliphatic rings. The Morgan fingerprint density at radius 3 is 2.33 bits per heavy atom. The Labute approximate surface area is 132 Å². The summed E-state index contributed by atoms with van der Waals surface area (Å²) in [5, 5.41) is 3.74. The second-order valence-electron chi connectivity index (χ2n) is 7.45. The van der Waals surface area contributed by atoms with Crippen LogP contribution in [0.5, 0.6) is 0 Å². The van der Waals surface area contributed by atoms with Crippen LogP contribution in [0.1, 0.15) is 59.8 Å². The average Bonchev–Trinajstić information content (AvgIpc) is 2.45. The molecule has 0 saturated heterocycles.